The molecule has 2 aromatic carbocycles. The maximum absolute atomic E-state index is 11.9. The molecular weight excluding hydrogens is 364 g/mol. The van der Waals surface area contributed by atoms with Crippen LogP contribution in [0.15, 0.2) is 60.7 Å². The average molecular weight is 380 g/mol. The number of benzene rings is 2. The minimum Gasteiger partial charge on any atom is -0.293 e. The van der Waals surface area contributed by atoms with Gasteiger partial charge in [0.15, 0.2) is 11.4 Å². The molecule has 3 heterocycles. The first kappa shape index (κ1) is 17.1. The number of hydrogen-bond donors (Lipinski definition) is 0. The predicted molar refractivity (Wildman–Crippen MR) is 109 cm³/mol. The summed E-state index contributed by atoms with van der Waals surface area (Å²) >= 11 is 0. The summed E-state index contributed by atoms with van der Waals surface area (Å²) < 4.78 is 1.63. The van der Waals surface area contributed by atoms with Crippen molar-refractivity contribution in [2.24, 2.45) is 0 Å². The third-order valence-electron chi connectivity index (χ3n) is 4.92. The number of hydrogen-bond acceptors (Lipinski definition) is 6. The quantitative estimate of drug-likeness (QED) is 0.441. The second-order valence-corrected chi connectivity index (χ2v) is 6.78. The Bertz CT molecular complexity index is 1380. The van der Waals surface area contributed by atoms with Crippen LogP contribution in [0.2, 0.25) is 0 Å². The minimum atomic E-state index is -0.157. The molecule has 0 bridgehead atoms. The van der Waals surface area contributed by atoms with Crippen LogP contribution in [-0.2, 0) is 0 Å². The molecule has 0 N–H and O–H groups in total. The average Bonchev–Trinajstić information content (AvgIpc) is 3.14. The van der Waals surface area contributed by atoms with E-state index in [9.17, 15) is 4.79 Å². The monoisotopic (exact) mass is 380 g/mol. The SMILES string of the molecule is CC(=O)c1nnc2c3c(-c4ccccc4)c(-c4ccccc4)nnc3nn2c1C. The van der Waals surface area contributed by atoms with Crippen molar-refractivity contribution in [2.45, 2.75) is 13.8 Å². The Balaban J connectivity index is 1.94. The normalized spacial score (nSPS) is 11.2. The van der Waals surface area contributed by atoms with Gasteiger partial charge in [0.2, 0.25) is 5.65 Å². The number of rotatable bonds is 3. The number of ketones is 1. The molecule has 29 heavy (non-hydrogen) atoms. The van der Waals surface area contributed by atoms with Gasteiger partial charge in [0.05, 0.1) is 11.1 Å². The Morgan fingerprint density at radius 2 is 1.48 bits per heavy atom. The largest absolute Gasteiger partial charge is 0.293 e. The predicted octanol–water partition coefficient (Wildman–Crippen LogP) is 3.91. The number of fused-ring (bicyclic) bond motifs is 3. The van der Waals surface area contributed by atoms with E-state index in [0.29, 0.717) is 22.7 Å². The number of carbonyl (C=O) groups is 1. The highest BCUT2D eigenvalue weighted by molar-refractivity contribution is 6.07. The maximum Gasteiger partial charge on any atom is 0.206 e. The summed E-state index contributed by atoms with van der Waals surface area (Å²) in [6.45, 7) is 3.27. The van der Waals surface area contributed by atoms with Gasteiger partial charge in [-0.25, -0.2) is 4.52 Å². The topological polar surface area (TPSA) is 85.9 Å². The second-order valence-electron chi connectivity index (χ2n) is 6.78. The highest BCUT2D eigenvalue weighted by Gasteiger charge is 2.22. The molecule has 3 aromatic heterocycles. The molecule has 7 nitrogen and oxygen atoms in total. The van der Waals surface area contributed by atoms with Gasteiger partial charge in [0.25, 0.3) is 0 Å². The summed E-state index contributed by atoms with van der Waals surface area (Å²) in [7, 11) is 0. The Kier molecular flexibility index (Phi) is 3.87. The molecule has 0 saturated carbocycles. The summed E-state index contributed by atoms with van der Waals surface area (Å²) in [5.41, 5.74) is 5.50. The van der Waals surface area contributed by atoms with Gasteiger partial charge in [0, 0.05) is 18.1 Å². The van der Waals surface area contributed by atoms with Crippen molar-refractivity contribution >= 4 is 22.5 Å². The van der Waals surface area contributed by atoms with Crippen LogP contribution in [0.3, 0.4) is 0 Å². The Labute approximate surface area is 166 Å². The first-order valence-corrected chi connectivity index (χ1v) is 9.19. The van der Waals surface area contributed by atoms with Crippen molar-refractivity contribution in [1.29, 1.82) is 0 Å². The molecule has 0 saturated heterocycles. The first-order valence-electron chi connectivity index (χ1n) is 9.19. The summed E-state index contributed by atoms with van der Waals surface area (Å²) in [5, 5.41) is 22.7. The van der Waals surface area contributed by atoms with E-state index in [4.69, 9.17) is 0 Å². The molecule has 0 aliphatic carbocycles. The minimum absolute atomic E-state index is 0.157. The highest BCUT2D eigenvalue weighted by atomic mass is 16.1. The zero-order chi connectivity index (χ0) is 20.0. The van der Waals surface area contributed by atoms with Crippen LogP contribution in [0.4, 0.5) is 0 Å². The smallest absolute Gasteiger partial charge is 0.206 e. The molecule has 0 amide bonds. The number of aryl methyl sites for hydroxylation is 1. The summed E-state index contributed by atoms with van der Waals surface area (Å²) in [4.78, 5) is 11.9. The van der Waals surface area contributed by atoms with E-state index in [1.807, 2.05) is 60.7 Å². The number of Topliss-reactive ketones (excluding diaryl/α,β-unsaturated/α-hetero) is 1. The molecule has 0 spiro atoms. The molecule has 0 aliphatic rings. The molecule has 140 valence electrons. The number of carbonyl (C=O) groups excluding carboxylic acids is 1. The van der Waals surface area contributed by atoms with Gasteiger partial charge >= 0.3 is 0 Å². The number of nitrogens with zero attached hydrogens (tertiary/aromatic N) is 6. The third kappa shape index (κ3) is 2.67. The fourth-order valence-corrected chi connectivity index (χ4v) is 3.56. The molecule has 7 heteroatoms. The van der Waals surface area contributed by atoms with E-state index < -0.39 is 0 Å². The molecular formula is C22H16N6O. The molecule has 5 rings (SSSR count). The standard InChI is InChI=1S/C22H16N6O/c1-13-19(14(2)29)23-26-22-18-17(15-9-5-3-6-10-15)20(16-11-7-4-8-12-16)24-25-21(18)27-28(13)22/h3-12H,1-2H3. The zero-order valence-corrected chi connectivity index (χ0v) is 15.9. The molecule has 0 unspecified atom stereocenters. The summed E-state index contributed by atoms with van der Waals surface area (Å²) in [6.07, 6.45) is 0. The molecule has 5 aromatic rings. The van der Waals surface area contributed by atoms with Gasteiger partial charge in [0.1, 0.15) is 11.4 Å². The maximum atomic E-state index is 11.9. The van der Waals surface area contributed by atoms with Crippen molar-refractivity contribution < 1.29 is 4.79 Å². The van der Waals surface area contributed by atoms with Crippen molar-refractivity contribution in [1.82, 2.24) is 30.0 Å². The zero-order valence-electron chi connectivity index (χ0n) is 15.9. The van der Waals surface area contributed by atoms with Crippen LogP contribution >= 0.6 is 0 Å². The lowest BCUT2D eigenvalue weighted by Crippen LogP contribution is -2.08. The van der Waals surface area contributed by atoms with Crippen LogP contribution in [0.25, 0.3) is 39.1 Å². The van der Waals surface area contributed by atoms with Crippen molar-refractivity contribution in [3.63, 3.8) is 0 Å². The lowest BCUT2D eigenvalue weighted by Gasteiger charge is -2.09. The van der Waals surface area contributed by atoms with E-state index in [0.717, 1.165) is 27.8 Å². The lowest BCUT2D eigenvalue weighted by atomic mass is 9.97. The van der Waals surface area contributed by atoms with E-state index in [1.54, 1.807) is 11.4 Å². The van der Waals surface area contributed by atoms with Crippen molar-refractivity contribution in [2.75, 3.05) is 0 Å². The van der Waals surface area contributed by atoms with Gasteiger partial charge in [-0.3, -0.25) is 4.79 Å². The Morgan fingerprint density at radius 1 is 0.828 bits per heavy atom. The fraction of sp³-hybridized carbons (Fsp3) is 0.0909. The molecule has 0 atom stereocenters. The van der Waals surface area contributed by atoms with Crippen LogP contribution in [0, 0.1) is 6.92 Å². The Morgan fingerprint density at radius 3 is 2.14 bits per heavy atom. The fourth-order valence-electron chi connectivity index (χ4n) is 3.56. The van der Waals surface area contributed by atoms with Gasteiger partial charge in [-0.05, 0) is 12.5 Å². The van der Waals surface area contributed by atoms with E-state index in [1.165, 1.54) is 6.92 Å². The highest BCUT2D eigenvalue weighted by Crippen LogP contribution is 2.37. The molecule has 0 radical (unpaired) electrons. The third-order valence-corrected chi connectivity index (χ3v) is 4.92. The van der Waals surface area contributed by atoms with Crippen LogP contribution < -0.4 is 0 Å². The number of aromatic nitrogens is 6. The van der Waals surface area contributed by atoms with Gasteiger partial charge in [-0.15, -0.1) is 25.5 Å². The van der Waals surface area contributed by atoms with Gasteiger partial charge < -0.3 is 0 Å². The van der Waals surface area contributed by atoms with Crippen LogP contribution in [0.1, 0.15) is 23.1 Å². The van der Waals surface area contributed by atoms with Crippen molar-refractivity contribution in [3.8, 4) is 22.4 Å². The first-order chi connectivity index (χ1) is 14.1. The second kappa shape index (κ2) is 6.56. The lowest BCUT2D eigenvalue weighted by molar-refractivity contribution is 0.101. The molecule has 0 aliphatic heterocycles. The summed E-state index contributed by atoms with van der Waals surface area (Å²) in [5.74, 6) is -0.157. The van der Waals surface area contributed by atoms with E-state index in [-0.39, 0.29) is 5.78 Å². The van der Waals surface area contributed by atoms with Crippen molar-refractivity contribution in [3.05, 3.63) is 72.1 Å². The van der Waals surface area contributed by atoms with Gasteiger partial charge in [-0.2, -0.15) is 0 Å². The Hall–Kier alpha value is -4.00. The van der Waals surface area contributed by atoms with Crippen LogP contribution in [0.5, 0.6) is 0 Å². The molecule has 0 fully saturated rings. The van der Waals surface area contributed by atoms with Crippen LogP contribution in [-0.4, -0.2) is 35.8 Å². The van der Waals surface area contributed by atoms with E-state index >= 15 is 0 Å². The van der Waals surface area contributed by atoms with Gasteiger partial charge in [-0.1, -0.05) is 60.7 Å². The summed E-state index contributed by atoms with van der Waals surface area (Å²) in [6, 6.07) is 19.9. The van der Waals surface area contributed by atoms with E-state index in [2.05, 4.69) is 25.5 Å².